The second-order valence-electron chi connectivity index (χ2n) is 5.63. The van der Waals surface area contributed by atoms with Gasteiger partial charge < -0.3 is 4.90 Å². The van der Waals surface area contributed by atoms with Crippen molar-refractivity contribution in [1.29, 1.82) is 0 Å². The molecule has 0 radical (unpaired) electrons. The molecule has 0 amide bonds. The Bertz CT molecular complexity index is 773. The van der Waals surface area contributed by atoms with Gasteiger partial charge in [0.2, 0.25) is 0 Å². The molecule has 0 unspecified atom stereocenters. The van der Waals surface area contributed by atoms with E-state index in [1.165, 1.54) is 5.69 Å². The second-order valence-corrected chi connectivity index (χ2v) is 6.54. The summed E-state index contributed by atoms with van der Waals surface area (Å²) >= 11 is 3.47. The Morgan fingerprint density at radius 2 is 1.57 bits per heavy atom. The highest BCUT2D eigenvalue weighted by atomic mass is 79.9. The van der Waals surface area contributed by atoms with Crippen molar-refractivity contribution in [2.24, 2.45) is 0 Å². The molecule has 1 heterocycles. The summed E-state index contributed by atoms with van der Waals surface area (Å²) in [5.74, 6) is 0. The van der Waals surface area contributed by atoms with Crippen LogP contribution in [-0.2, 0) is 0 Å². The Kier molecular flexibility index (Phi) is 4.96. The molecule has 0 atom stereocenters. The maximum absolute atomic E-state index is 4.55. The molecule has 5 heteroatoms. The molecule has 3 aromatic rings. The number of benzene rings is 2. The topological polar surface area (TPSA) is 34.0 Å². The average Bonchev–Trinajstić information content (AvgIpc) is 2.98. The van der Waals surface area contributed by atoms with Crippen molar-refractivity contribution in [3.05, 3.63) is 46.9 Å². The van der Waals surface area contributed by atoms with Crippen LogP contribution < -0.4 is 4.90 Å². The van der Waals surface area contributed by atoms with Crippen molar-refractivity contribution in [3.8, 4) is 5.69 Å². The fourth-order valence-corrected chi connectivity index (χ4v) is 3.06. The molecule has 2 aromatic carbocycles. The van der Waals surface area contributed by atoms with Gasteiger partial charge in [-0.1, -0.05) is 29.8 Å². The zero-order chi connectivity index (χ0) is 16.2. The largest absolute Gasteiger partial charge is 0.372 e. The van der Waals surface area contributed by atoms with Crippen LogP contribution in [0, 0.1) is 0 Å². The first-order valence-electron chi connectivity index (χ1n) is 8.09. The number of halogens is 1. The zero-order valence-electron chi connectivity index (χ0n) is 13.5. The molecule has 1 aromatic heterocycles. The summed E-state index contributed by atoms with van der Waals surface area (Å²) in [6.45, 7) is 6.61. The Morgan fingerprint density at radius 3 is 2.22 bits per heavy atom. The molecule has 0 spiro atoms. The number of fused-ring (bicyclic) bond motifs is 1. The molecule has 0 saturated carbocycles. The van der Waals surface area contributed by atoms with Gasteiger partial charge in [0.1, 0.15) is 11.0 Å². The Labute approximate surface area is 145 Å². The molecule has 0 fully saturated rings. The molecule has 3 rings (SSSR count). The molecule has 0 aliphatic rings. The molecule has 0 N–H and O–H groups in total. The van der Waals surface area contributed by atoms with Gasteiger partial charge in [0.25, 0.3) is 0 Å². The fraction of sp³-hybridized carbons (Fsp3) is 0.333. The summed E-state index contributed by atoms with van der Waals surface area (Å²) in [5.41, 5.74) is 4.03. The van der Waals surface area contributed by atoms with Gasteiger partial charge in [-0.15, -0.1) is 10.2 Å². The Morgan fingerprint density at radius 1 is 0.913 bits per heavy atom. The van der Waals surface area contributed by atoms with Crippen LogP contribution in [0.1, 0.15) is 26.7 Å². The third-order valence-corrected chi connectivity index (χ3v) is 4.27. The van der Waals surface area contributed by atoms with Gasteiger partial charge in [-0.3, -0.25) is 0 Å². The maximum atomic E-state index is 4.55. The number of hydrogen-bond acceptors (Lipinski definition) is 3. The minimum absolute atomic E-state index is 0.891. The maximum Gasteiger partial charge on any atom is 0.114 e. The molecular formula is C18H21BrN4. The first-order chi connectivity index (χ1) is 11.2. The van der Waals surface area contributed by atoms with Crippen LogP contribution in [0.2, 0.25) is 0 Å². The van der Waals surface area contributed by atoms with Crippen molar-refractivity contribution < 1.29 is 0 Å². The summed E-state index contributed by atoms with van der Waals surface area (Å²) < 4.78 is 1.02. The van der Waals surface area contributed by atoms with Crippen molar-refractivity contribution in [2.75, 3.05) is 18.0 Å². The molecule has 0 bridgehead atoms. The van der Waals surface area contributed by atoms with E-state index in [4.69, 9.17) is 0 Å². The lowest BCUT2D eigenvalue weighted by atomic mass is 10.2. The minimum Gasteiger partial charge on any atom is -0.372 e. The zero-order valence-corrected chi connectivity index (χ0v) is 15.1. The van der Waals surface area contributed by atoms with E-state index in [0.29, 0.717) is 0 Å². The highest BCUT2D eigenvalue weighted by molar-refractivity contribution is 9.10. The molecular weight excluding hydrogens is 352 g/mol. The van der Waals surface area contributed by atoms with Crippen molar-refractivity contribution in [2.45, 2.75) is 26.7 Å². The molecule has 0 saturated heterocycles. The summed E-state index contributed by atoms with van der Waals surface area (Å²) in [6.07, 6.45) is 2.31. The van der Waals surface area contributed by atoms with E-state index < -0.39 is 0 Å². The van der Waals surface area contributed by atoms with E-state index in [0.717, 1.165) is 47.1 Å². The molecule has 0 aliphatic carbocycles. The molecule has 4 nitrogen and oxygen atoms in total. The standard InChI is InChI=1S/C18H21BrN4/c1-3-11-22(12-4-2)15-6-8-16(9-7-15)23-20-17-10-5-14(19)13-18(17)21-23/h5-10,13H,3-4,11-12H2,1-2H3. The van der Waals surface area contributed by atoms with Gasteiger partial charge >= 0.3 is 0 Å². The first kappa shape index (κ1) is 16.0. The lowest BCUT2D eigenvalue weighted by Gasteiger charge is -2.23. The summed E-state index contributed by atoms with van der Waals surface area (Å²) in [4.78, 5) is 4.12. The smallest absolute Gasteiger partial charge is 0.114 e. The number of rotatable bonds is 6. The van der Waals surface area contributed by atoms with Crippen molar-refractivity contribution in [1.82, 2.24) is 15.0 Å². The van der Waals surface area contributed by atoms with Gasteiger partial charge in [-0.2, -0.15) is 4.80 Å². The normalized spacial score (nSPS) is 11.1. The van der Waals surface area contributed by atoms with Crippen LogP contribution >= 0.6 is 15.9 Å². The minimum atomic E-state index is 0.891. The van der Waals surface area contributed by atoms with E-state index in [1.807, 2.05) is 18.2 Å². The van der Waals surface area contributed by atoms with Crippen LogP contribution in [-0.4, -0.2) is 28.1 Å². The van der Waals surface area contributed by atoms with Gasteiger partial charge in [0.15, 0.2) is 0 Å². The molecule has 0 aliphatic heterocycles. The quantitative estimate of drug-likeness (QED) is 0.622. The monoisotopic (exact) mass is 372 g/mol. The Hall–Kier alpha value is -1.88. The highest BCUT2D eigenvalue weighted by Crippen LogP contribution is 2.20. The lowest BCUT2D eigenvalue weighted by molar-refractivity contribution is 0.742. The number of hydrogen-bond donors (Lipinski definition) is 0. The van der Waals surface area contributed by atoms with Gasteiger partial charge in [0.05, 0.1) is 5.69 Å². The number of aromatic nitrogens is 3. The van der Waals surface area contributed by atoms with Crippen molar-refractivity contribution in [3.63, 3.8) is 0 Å². The third-order valence-electron chi connectivity index (χ3n) is 3.78. The predicted molar refractivity (Wildman–Crippen MR) is 99.4 cm³/mol. The number of nitrogens with zero attached hydrogens (tertiary/aromatic N) is 4. The van der Waals surface area contributed by atoms with E-state index in [-0.39, 0.29) is 0 Å². The van der Waals surface area contributed by atoms with Crippen LogP contribution in [0.5, 0.6) is 0 Å². The summed E-state index contributed by atoms with van der Waals surface area (Å²) in [6, 6.07) is 14.4. The van der Waals surface area contributed by atoms with E-state index in [1.54, 1.807) is 4.80 Å². The highest BCUT2D eigenvalue weighted by Gasteiger charge is 2.07. The predicted octanol–water partition coefficient (Wildman–Crippen LogP) is 4.81. The van der Waals surface area contributed by atoms with Crippen LogP contribution in [0.3, 0.4) is 0 Å². The van der Waals surface area contributed by atoms with E-state index >= 15 is 0 Å². The SMILES string of the molecule is CCCN(CCC)c1ccc(-n2nc3ccc(Br)cc3n2)cc1. The summed E-state index contributed by atoms with van der Waals surface area (Å²) in [7, 11) is 0. The summed E-state index contributed by atoms with van der Waals surface area (Å²) in [5, 5.41) is 9.10. The Balaban J connectivity index is 1.88. The van der Waals surface area contributed by atoms with Gasteiger partial charge in [-0.25, -0.2) is 0 Å². The first-order valence-corrected chi connectivity index (χ1v) is 8.88. The van der Waals surface area contributed by atoms with Crippen molar-refractivity contribution >= 4 is 32.7 Å². The van der Waals surface area contributed by atoms with Gasteiger partial charge in [-0.05, 0) is 55.3 Å². The van der Waals surface area contributed by atoms with Crippen LogP contribution in [0.25, 0.3) is 16.7 Å². The molecule has 23 heavy (non-hydrogen) atoms. The van der Waals surface area contributed by atoms with Crippen LogP contribution in [0.4, 0.5) is 5.69 Å². The van der Waals surface area contributed by atoms with Gasteiger partial charge in [0, 0.05) is 23.2 Å². The average molecular weight is 373 g/mol. The lowest BCUT2D eigenvalue weighted by Crippen LogP contribution is -2.24. The fourth-order valence-electron chi connectivity index (χ4n) is 2.71. The number of anilines is 1. The molecule has 120 valence electrons. The van der Waals surface area contributed by atoms with E-state index in [9.17, 15) is 0 Å². The second kappa shape index (κ2) is 7.13. The van der Waals surface area contributed by atoms with Crippen LogP contribution in [0.15, 0.2) is 46.9 Å². The van der Waals surface area contributed by atoms with E-state index in [2.05, 4.69) is 69.1 Å². The third kappa shape index (κ3) is 3.55.